The molecule has 1 aliphatic heterocycles. The molecule has 0 atom stereocenters. The van der Waals surface area contributed by atoms with Crippen LogP contribution in [0, 0.1) is 0 Å². The Morgan fingerprint density at radius 1 is 1.33 bits per heavy atom. The number of ether oxygens (including phenoxy) is 2. The first-order valence-corrected chi connectivity index (χ1v) is 8.22. The van der Waals surface area contributed by atoms with Crippen molar-refractivity contribution in [2.24, 2.45) is 0 Å². The van der Waals surface area contributed by atoms with Crippen LogP contribution >= 0.6 is 0 Å². The second-order valence-electron chi connectivity index (χ2n) is 5.25. The van der Waals surface area contributed by atoms with Gasteiger partial charge in [0.25, 0.3) is 0 Å². The van der Waals surface area contributed by atoms with Crippen molar-refractivity contribution >= 4 is 10.0 Å². The van der Waals surface area contributed by atoms with Crippen LogP contribution in [0.4, 0.5) is 0 Å². The van der Waals surface area contributed by atoms with Crippen LogP contribution in [-0.4, -0.2) is 57.3 Å². The van der Waals surface area contributed by atoms with Gasteiger partial charge in [-0.15, -0.1) is 0 Å². The molecule has 0 amide bonds. The third-order valence-corrected chi connectivity index (χ3v) is 5.54. The maximum atomic E-state index is 12.6. The molecule has 2 rings (SSSR count). The zero-order valence-electron chi connectivity index (χ0n) is 12.3. The Hall–Kier alpha value is -1.15. The molecule has 1 saturated heterocycles. The maximum Gasteiger partial charge on any atom is 0.246 e. The molecule has 1 heterocycles. The largest absolute Gasteiger partial charge is 0.495 e. The highest BCUT2D eigenvalue weighted by molar-refractivity contribution is 7.89. The summed E-state index contributed by atoms with van der Waals surface area (Å²) in [5, 5.41) is 10.5. The second-order valence-corrected chi connectivity index (χ2v) is 7.26. The number of hydrogen-bond donors (Lipinski definition) is 1. The van der Waals surface area contributed by atoms with Gasteiger partial charge in [-0.1, -0.05) is 12.1 Å². The van der Waals surface area contributed by atoms with Gasteiger partial charge in [0.15, 0.2) is 0 Å². The van der Waals surface area contributed by atoms with Gasteiger partial charge in [-0.05, 0) is 12.1 Å². The summed E-state index contributed by atoms with van der Waals surface area (Å²) in [4.78, 5) is 0.102. The van der Waals surface area contributed by atoms with E-state index in [-0.39, 0.29) is 11.4 Å². The SMILES string of the molecule is COc1ccccc1S(=O)(=O)N(C)CC1(O)CCOCC1. The summed E-state index contributed by atoms with van der Waals surface area (Å²) in [6.45, 7) is 0.925. The lowest BCUT2D eigenvalue weighted by Gasteiger charge is -2.35. The van der Waals surface area contributed by atoms with E-state index >= 15 is 0 Å². The van der Waals surface area contributed by atoms with Crippen LogP contribution < -0.4 is 4.74 Å². The number of sulfonamides is 1. The van der Waals surface area contributed by atoms with Crippen molar-refractivity contribution in [3.63, 3.8) is 0 Å². The van der Waals surface area contributed by atoms with Gasteiger partial charge < -0.3 is 14.6 Å². The summed E-state index contributed by atoms with van der Waals surface area (Å²) in [6, 6.07) is 6.46. The van der Waals surface area contributed by atoms with Crippen LogP contribution in [0.1, 0.15) is 12.8 Å². The van der Waals surface area contributed by atoms with Crippen molar-refractivity contribution in [3.05, 3.63) is 24.3 Å². The van der Waals surface area contributed by atoms with Crippen LogP contribution in [0.2, 0.25) is 0 Å². The first-order valence-electron chi connectivity index (χ1n) is 6.78. The van der Waals surface area contributed by atoms with Crippen molar-refractivity contribution < 1.29 is 23.0 Å². The fourth-order valence-electron chi connectivity index (χ4n) is 2.41. The lowest BCUT2D eigenvalue weighted by Crippen LogP contribution is -2.47. The molecular weight excluding hydrogens is 294 g/mol. The first-order chi connectivity index (χ1) is 9.89. The van der Waals surface area contributed by atoms with E-state index in [9.17, 15) is 13.5 Å². The van der Waals surface area contributed by atoms with Gasteiger partial charge in [0.2, 0.25) is 10.0 Å². The Labute approximate surface area is 125 Å². The van der Waals surface area contributed by atoms with Crippen molar-refractivity contribution in [2.75, 3.05) is 33.9 Å². The van der Waals surface area contributed by atoms with Crippen molar-refractivity contribution in [1.82, 2.24) is 4.31 Å². The van der Waals surface area contributed by atoms with E-state index in [1.54, 1.807) is 18.2 Å². The van der Waals surface area contributed by atoms with E-state index in [4.69, 9.17) is 9.47 Å². The van der Waals surface area contributed by atoms with Gasteiger partial charge in [0.05, 0.1) is 12.7 Å². The molecule has 0 spiro atoms. The molecule has 21 heavy (non-hydrogen) atoms. The first kappa shape index (κ1) is 16.2. The molecule has 1 aromatic carbocycles. The summed E-state index contributed by atoms with van der Waals surface area (Å²) >= 11 is 0. The van der Waals surface area contributed by atoms with Gasteiger partial charge >= 0.3 is 0 Å². The molecule has 1 aromatic rings. The summed E-state index contributed by atoms with van der Waals surface area (Å²) in [5.41, 5.74) is -1.04. The Morgan fingerprint density at radius 2 is 1.95 bits per heavy atom. The van der Waals surface area contributed by atoms with E-state index in [2.05, 4.69) is 0 Å². The number of likely N-dealkylation sites (N-methyl/N-ethyl adjacent to an activating group) is 1. The number of methoxy groups -OCH3 is 1. The highest BCUT2D eigenvalue weighted by Gasteiger charge is 2.35. The van der Waals surface area contributed by atoms with Crippen molar-refractivity contribution in [3.8, 4) is 5.75 Å². The number of nitrogens with zero attached hydrogens (tertiary/aromatic N) is 1. The molecule has 7 heteroatoms. The number of hydrogen-bond acceptors (Lipinski definition) is 5. The minimum Gasteiger partial charge on any atom is -0.495 e. The van der Waals surface area contributed by atoms with Crippen LogP contribution in [-0.2, 0) is 14.8 Å². The van der Waals surface area contributed by atoms with Gasteiger partial charge in [0.1, 0.15) is 10.6 Å². The number of aliphatic hydroxyl groups is 1. The average molecular weight is 315 g/mol. The molecule has 0 unspecified atom stereocenters. The highest BCUT2D eigenvalue weighted by atomic mass is 32.2. The number of para-hydroxylation sites is 1. The lowest BCUT2D eigenvalue weighted by atomic mass is 9.95. The topological polar surface area (TPSA) is 76.1 Å². The molecular formula is C14H21NO5S. The van der Waals surface area contributed by atoms with E-state index < -0.39 is 15.6 Å². The molecule has 0 saturated carbocycles. The summed E-state index contributed by atoms with van der Waals surface area (Å²) in [5.74, 6) is 0.295. The molecule has 6 nitrogen and oxygen atoms in total. The Balaban J connectivity index is 2.22. The normalized spacial score (nSPS) is 18.7. The monoisotopic (exact) mass is 315 g/mol. The summed E-state index contributed by atoms with van der Waals surface area (Å²) < 4.78 is 36.8. The minimum absolute atomic E-state index is 0.0384. The van der Waals surface area contributed by atoms with Crippen LogP contribution in [0.5, 0.6) is 5.75 Å². The molecule has 1 N–H and O–H groups in total. The number of benzene rings is 1. The molecule has 118 valence electrons. The zero-order valence-corrected chi connectivity index (χ0v) is 13.1. The van der Waals surface area contributed by atoms with E-state index in [1.807, 2.05) is 0 Å². The highest BCUT2D eigenvalue weighted by Crippen LogP contribution is 2.28. The van der Waals surface area contributed by atoms with E-state index in [1.165, 1.54) is 24.5 Å². The molecule has 0 aliphatic carbocycles. The Kier molecular flexibility index (Phi) is 4.88. The quantitative estimate of drug-likeness (QED) is 0.872. The Morgan fingerprint density at radius 3 is 2.57 bits per heavy atom. The fraction of sp³-hybridized carbons (Fsp3) is 0.571. The summed E-state index contributed by atoms with van der Waals surface area (Å²) in [6.07, 6.45) is 0.859. The van der Waals surface area contributed by atoms with Crippen molar-refractivity contribution in [1.29, 1.82) is 0 Å². The standard InChI is InChI=1S/C14H21NO5S/c1-15(11-14(16)7-9-20-10-8-14)21(17,18)13-6-4-3-5-12(13)19-2/h3-6,16H,7-11H2,1-2H3. The number of rotatable bonds is 5. The molecule has 1 fully saturated rings. The maximum absolute atomic E-state index is 12.6. The Bertz CT molecular complexity index is 581. The zero-order chi connectivity index (χ0) is 15.5. The minimum atomic E-state index is -3.71. The van der Waals surface area contributed by atoms with Crippen molar-refractivity contribution in [2.45, 2.75) is 23.3 Å². The van der Waals surface area contributed by atoms with Gasteiger partial charge in [0, 0.05) is 39.6 Å². The molecule has 0 radical (unpaired) electrons. The predicted molar refractivity (Wildman–Crippen MR) is 77.8 cm³/mol. The third-order valence-electron chi connectivity index (χ3n) is 3.70. The average Bonchev–Trinajstić information content (AvgIpc) is 2.47. The third kappa shape index (κ3) is 3.55. The van der Waals surface area contributed by atoms with Gasteiger partial charge in [-0.2, -0.15) is 4.31 Å². The molecule has 0 bridgehead atoms. The van der Waals surface area contributed by atoms with Crippen LogP contribution in [0.3, 0.4) is 0 Å². The smallest absolute Gasteiger partial charge is 0.246 e. The fourth-order valence-corrected chi connectivity index (χ4v) is 3.81. The lowest BCUT2D eigenvalue weighted by molar-refractivity contribution is -0.0689. The van der Waals surface area contributed by atoms with Crippen LogP contribution in [0.15, 0.2) is 29.2 Å². The van der Waals surface area contributed by atoms with Gasteiger partial charge in [-0.3, -0.25) is 0 Å². The molecule has 0 aromatic heterocycles. The van der Waals surface area contributed by atoms with Crippen LogP contribution in [0.25, 0.3) is 0 Å². The predicted octanol–water partition coefficient (Wildman–Crippen LogP) is 0.857. The molecule has 1 aliphatic rings. The summed E-state index contributed by atoms with van der Waals surface area (Å²) in [7, 11) is -0.813. The second kappa shape index (κ2) is 6.31. The van der Waals surface area contributed by atoms with E-state index in [0.717, 1.165) is 0 Å². The van der Waals surface area contributed by atoms with Gasteiger partial charge in [-0.25, -0.2) is 8.42 Å². The van der Waals surface area contributed by atoms with E-state index in [0.29, 0.717) is 31.8 Å².